The second-order valence-electron chi connectivity index (χ2n) is 2.84. The molecule has 0 aliphatic carbocycles. The van der Waals surface area contributed by atoms with E-state index in [1.807, 2.05) is 0 Å². The average Bonchev–Trinajstić information content (AvgIpc) is 2.16. The normalized spacial score (nSPS) is 11.8. The first kappa shape index (κ1) is 12.0. The van der Waals surface area contributed by atoms with Crippen LogP contribution in [-0.4, -0.2) is 19.4 Å². The topological polar surface area (TPSA) is 35.5 Å². The van der Waals surface area contributed by atoms with E-state index in [4.69, 9.17) is 4.74 Å². The highest BCUT2D eigenvalue weighted by Gasteiger charge is 2.09. The van der Waals surface area contributed by atoms with Crippen molar-refractivity contribution in [1.82, 2.24) is 0 Å². The van der Waals surface area contributed by atoms with E-state index in [1.54, 1.807) is 6.08 Å². The van der Waals surface area contributed by atoms with Gasteiger partial charge in [-0.2, -0.15) is 0 Å². The maximum absolute atomic E-state index is 10.7. The van der Waals surface area contributed by atoms with Gasteiger partial charge in [0.1, 0.15) is 6.10 Å². The molecule has 0 aromatic carbocycles. The van der Waals surface area contributed by atoms with Gasteiger partial charge in [0.25, 0.3) is 0 Å². The van der Waals surface area contributed by atoms with Crippen LogP contribution in [0.2, 0.25) is 0 Å². The average molecular weight is 186 g/mol. The zero-order chi connectivity index (χ0) is 10.1. The third-order valence-electron chi connectivity index (χ3n) is 1.77. The summed E-state index contributed by atoms with van der Waals surface area (Å²) in [5.74, 6) is 0. The molecular weight excluding hydrogens is 168 g/mol. The fourth-order valence-corrected chi connectivity index (χ4v) is 0.992. The van der Waals surface area contributed by atoms with E-state index in [2.05, 4.69) is 18.2 Å². The Morgan fingerprint density at radius 1 is 1.54 bits per heavy atom. The molecule has 0 amide bonds. The van der Waals surface area contributed by atoms with Gasteiger partial charge in [0.05, 0.1) is 7.11 Å². The predicted molar refractivity (Wildman–Crippen MR) is 51.6 cm³/mol. The van der Waals surface area contributed by atoms with Gasteiger partial charge >= 0.3 is 6.16 Å². The minimum Gasteiger partial charge on any atom is -0.438 e. The van der Waals surface area contributed by atoms with Crippen LogP contribution in [0.25, 0.3) is 0 Å². The fraction of sp³-hybridized carbons (Fsp3) is 0.700. The van der Waals surface area contributed by atoms with E-state index in [-0.39, 0.29) is 6.10 Å². The van der Waals surface area contributed by atoms with Crippen LogP contribution in [0.15, 0.2) is 12.7 Å². The summed E-state index contributed by atoms with van der Waals surface area (Å²) < 4.78 is 9.30. The Morgan fingerprint density at radius 3 is 2.69 bits per heavy atom. The van der Waals surface area contributed by atoms with Gasteiger partial charge in [-0.15, -0.1) is 0 Å². The van der Waals surface area contributed by atoms with Crippen molar-refractivity contribution in [3.8, 4) is 0 Å². The van der Waals surface area contributed by atoms with Gasteiger partial charge in [-0.3, -0.25) is 0 Å². The van der Waals surface area contributed by atoms with Gasteiger partial charge in [-0.05, 0) is 12.8 Å². The molecule has 0 aliphatic rings. The van der Waals surface area contributed by atoms with E-state index in [0.717, 1.165) is 25.7 Å². The molecule has 0 fully saturated rings. The molecule has 0 N–H and O–H groups in total. The molecule has 3 nitrogen and oxygen atoms in total. The Kier molecular flexibility index (Phi) is 7.07. The number of unbranched alkanes of at least 4 members (excludes halogenated alkanes) is 2. The van der Waals surface area contributed by atoms with Crippen LogP contribution in [-0.2, 0) is 9.47 Å². The summed E-state index contributed by atoms with van der Waals surface area (Å²) in [5, 5.41) is 0. The molecule has 0 aromatic rings. The fourth-order valence-electron chi connectivity index (χ4n) is 0.992. The predicted octanol–water partition coefficient (Wildman–Crippen LogP) is 2.90. The lowest BCUT2D eigenvalue weighted by Crippen LogP contribution is -2.15. The van der Waals surface area contributed by atoms with Crippen LogP contribution >= 0.6 is 0 Å². The Morgan fingerprint density at radius 2 is 2.23 bits per heavy atom. The second-order valence-corrected chi connectivity index (χ2v) is 2.84. The van der Waals surface area contributed by atoms with Gasteiger partial charge in [0.15, 0.2) is 0 Å². The Hall–Kier alpha value is -0.990. The number of rotatable bonds is 6. The van der Waals surface area contributed by atoms with Crippen molar-refractivity contribution >= 4 is 6.16 Å². The van der Waals surface area contributed by atoms with Crippen molar-refractivity contribution in [2.24, 2.45) is 0 Å². The maximum Gasteiger partial charge on any atom is 0.508 e. The van der Waals surface area contributed by atoms with Gasteiger partial charge < -0.3 is 9.47 Å². The van der Waals surface area contributed by atoms with Crippen LogP contribution in [0.5, 0.6) is 0 Å². The van der Waals surface area contributed by atoms with Crippen molar-refractivity contribution in [3.05, 3.63) is 12.7 Å². The first-order chi connectivity index (χ1) is 6.24. The maximum atomic E-state index is 10.7. The monoisotopic (exact) mass is 186 g/mol. The van der Waals surface area contributed by atoms with Gasteiger partial charge in [0, 0.05) is 0 Å². The minimum atomic E-state index is -0.638. The molecule has 0 saturated heterocycles. The number of ether oxygens (including phenoxy) is 2. The van der Waals surface area contributed by atoms with E-state index < -0.39 is 6.16 Å². The first-order valence-corrected chi connectivity index (χ1v) is 4.61. The largest absolute Gasteiger partial charge is 0.508 e. The van der Waals surface area contributed by atoms with Gasteiger partial charge in [0.2, 0.25) is 0 Å². The SMILES string of the molecule is C=CC(CCCCC)OC(=O)OC. The summed E-state index contributed by atoms with van der Waals surface area (Å²) in [6, 6.07) is 0. The molecule has 76 valence electrons. The molecule has 0 heterocycles. The third kappa shape index (κ3) is 6.20. The van der Waals surface area contributed by atoms with Crippen molar-refractivity contribution in [3.63, 3.8) is 0 Å². The highest BCUT2D eigenvalue weighted by molar-refractivity contribution is 5.60. The van der Waals surface area contributed by atoms with Crippen LogP contribution < -0.4 is 0 Å². The highest BCUT2D eigenvalue weighted by Crippen LogP contribution is 2.08. The number of methoxy groups -OCH3 is 1. The number of hydrogen-bond donors (Lipinski definition) is 0. The minimum absolute atomic E-state index is 0.209. The molecule has 1 atom stereocenters. The van der Waals surface area contributed by atoms with Crippen molar-refractivity contribution < 1.29 is 14.3 Å². The quantitative estimate of drug-likeness (QED) is 0.363. The van der Waals surface area contributed by atoms with E-state index in [1.165, 1.54) is 7.11 Å². The van der Waals surface area contributed by atoms with Crippen LogP contribution in [0.4, 0.5) is 4.79 Å². The van der Waals surface area contributed by atoms with Gasteiger partial charge in [-0.1, -0.05) is 32.4 Å². The summed E-state index contributed by atoms with van der Waals surface area (Å²) in [4.78, 5) is 10.7. The summed E-state index contributed by atoms with van der Waals surface area (Å²) in [7, 11) is 1.30. The lowest BCUT2D eigenvalue weighted by Gasteiger charge is -2.11. The molecule has 0 saturated carbocycles. The molecular formula is C10H18O3. The summed E-state index contributed by atoms with van der Waals surface area (Å²) in [5.41, 5.74) is 0. The van der Waals surface area contributed by atoms with Crippen molar-refractivity contribution in [2.45, 2.75) is 38.7 Å². The Labute approximate surface area is 79.7 Å². The molecule has 0 spiro atoms. The molecule has 0 radical (unpaired) electrons. The van der Waals surface area contributed by atoms with E-state index in [9.17, 15) is 4.79 Å². The lowest BCUT2D eigenvalue weighted by molar-refractivity contribution is 0.0493. The van der Waals surface area contributed by atoms with Crippen LogP contribution in [0.3, 0.4) is 0 Å². The molecule has 0 aliphatic heterocycles. The van der Waals surface area contributed by atoms with Gasteiger partial charge in [-0.25, -0.2) is 4.79 Å². The van der Waals surface area contributed by atoms with E-state index >= 15 is 0 Å². The van der Waals surface area contributed by atoms with Crippen molar-refractivity contribution in [2.75, 3.05) is 7.11 Å². The van der Waals surface area contributed by atoms with E-state index in [0.29, 0.717) is 0 Å². The zero-order valence-corrected chi connectivity index (χ0v) is 8.41. The molecule has 0 bridgehead atoms. The third-order valence-corrected chi connectivity index (χ3v) is 1.77. The standard InChI is InChI=1S/C10H18O3/c1-4-6-7-8-9(5-2)13-10(11)12-3/h5,9H,2,4,6-8H2,1,3H3. The number of carbonyl (C=O) groups is 1. The smallest absolute Gasteiger partial charge is 0.438 e. The molecule has 0 aromatic heterocycles. The second kappa shape index (κ2) is 7.65. The Balaban J connectivity index is 3.62. The molecule has 0 rings (SSSR count). The Bertz CT molecular complexity index is 154. The molecule has 3 heteroatoms. The highest BCUT2D eigenvalue weighted by atomic mass is 16.7. The van der Waals surface area contributed by atoms with Crippen LogP contribution in [0, 0.1) is 0 Å². The number of hydrogen-bond acceptors (Lipinski definition) is 3. The first-order valence-electron chi connectivity index (χ1n) is 4.61. The lowest BCUT2D eigenvalue weighted by atomic mass is 10.1. The summed E-state index contributed by atoms with van der Waals surface area (Å²) in [6.07, 6.45) is 4.96. The number of carbonyl (C=O) groups excluding carboxylic acids is 1. The zero-order valence-electron chi connectivity index (χ0n) is 8.41. The summed E-state index contributed by atoms with van der Waals surface area (Å²) in [6.45, 7) is 5.72. The summed E-state index contributed by atoms with van der Waals surface area (Å²) >= 11 is 0. The van der Waals surface area contributed by atoms with Crippen molar-refractivity contribution in [1.29, 1.82) is 0 Å². The van der Waals surface area contributed by atoms with Crippen LogP contribution in [0.1, 0.15) is 32.6 Å². The molecule has 13 heavy (non-hydrogen) atoms. The molecule has 1 unspecified atom stereocenters.